The van der Waals surface area contributed by atoms with Crippen LogP contribution in [0.2, 0.25) is 0 Å². The largest absolute Gasteiger partial charge is 0.489 e. The molecule has 0 radical (unpaired) electrons. The summed E-state index contributed by atoms with van der Waals surface area (Å²) in [5.74, 6) is -3.95. The molecule has 1 unspecified atom stereocenters. The van der Waals surface area contributed by atoms with E-state index in [2.05, 4.69) is 16.0 Å². The molecule has 176 valence electrons. The molecular weight excluding hydrogens is 428 g/mol. The SMILES string of the molecule is CNC(=O)c1cc(C(=O)NCCC2CCNCC2(F)F)cc2c1O[C@@H](C)[C@@H]2c1ccccc1. The van der Waals surface area contributed by atoms with Crippen LogP contribution in [0.25, 0.3) is 0 Å². The summed E-state index contributed by atoms with van der Waals surface area (Å²) >= 11 is 0. The number of benzene rings is 2. The van der Waals surface area contributed by atoms with Crippen LogP contribution < -0.4 is 20.7 Å². The van der Waals surface area contributed by atoms with Gasteiger partial charge in [0.1, 0.15) is 11.9 Å². The molecule has 0 bridgehead atoms. The Kier molecular flexibility index (Phi) is 6.65. The molecular formula is C25H29F2N3O3. The number of piperidine rings is 1. The smallest absolute Gasteiger partial charge is 0.263 e. The van der Waals surface area contributed by atoms with E-state index in [1.54, 1.807) is 6.07 Å². The number of halogens is 2. The van der Waals surface area contributed by atoms with E-state index >= 15 is 0 Å². The van der Waals surface area contributed by atoms with Gasteiger partial charge in [-0.05, 0) is 44.0 Å². The standard InChI is InChI=1S/C25H29F2N3O3/c1-15-21(16-6-4-3-5-7-16)19-12-17(13-20(22(19)33-15)24(32)28-2)23(31)30-11-9-18-8-10-29-14-25(18,26)27/h3-7,12-13,15,18,21,29H,8-11,14H2,1-2H3,(H,28,32)(H,30,31)/t15-,18?,21+/m0/s1. The first-order valence-electron chi connectivity index (χ1n) is 11.3. The van der Waals surface area contributed by atoms with Gasteiger partial charge in [-0.25, -0.2) is 8.78 Å². The minimum absolute atomic E-state index is 0.134. The molecule has 8 heteroatoms. The topological polar surface area (TPSA) is 79.5 Å². The number of carbonyl (C=O) groups is 2. The molecule has 6 nitrogen and oxygen atoms in total. The highest BCUT2D eigenvalue weighted by Gasteiger charge is 2.41. The van der Waals surface area contributed by atoms with Gasteiger partial charge in [-0.2, -0.15) is 0 Å². The van der Waals surface area contributed by atoms with Crippen molar-refractivity contribution in [2.45, 2.75) is 37.7 Å². The maximum Gasteiger partial charge on any atom is 0.263 e. The number of amides is 2. The number of nitrogens with one attached hydrogen (secondary N) is 3. The molecule has 4 rings (SSSR count). The first-order chi connectivity index (χ1) is 15.8. The number of hydrogen-bond donors (Lipinski definition) is 3. The first-order valence-corrected chi connectivity index (χ1v) is 11.3. The van der Waals surface area contributed by atoms with Gasteiger partial charge in [-0.15, -0.1) is 0 Å². The molecule has 0 spiro atoms. The Morgan fingerprint density at radius 3 is 2.64 bits per heavy atom. The maximum atomic E-state index is 14.1. The monoisotopic (exact) mass is 457 g/mol. The lowest BCUT2D eigenvalue weighted by atomic mass is 9.87. The summed E-state index contributed by atoms with van der Waals surface area (Å²) in [5.41, 5.74) is 2.39. The van der Waals surface area contributed by atoms with Crippen molar-refractivity contribution in [3.63, 3.8) is 0 Å². The van der Waals surface area contributed by atoms with Crippen LogP contribution in [0.15, 0.2) is 42.5 Å². The lowest BCUT2D eigenvalue weighted by Gasteiger charge is -2.31. The Labute approximate surface area is 192 Å². The van der Waals surface area contributed by atoms with Gasteiger partial charge in [-0.1, -0.05) is 30.3 Å². The fourth-order valence-electron chi connectivity index (χ4n) is 4.77. The van der Waals surface area contributed by atoms with Crippen molar-refractivity contribution in [2.24, 2.45) is 5.92 Å². The molecule has 2 aromatic carbocycles. The predicted octanol–water partition coefficient (Wildman–Crippen LogP) is 3.32. The van der Waals surface area contributed by atoms with Gasteiger partial charge in [0.15, 0.2) is 0 Å². The lowest BCUT2D eigenvalue weighted by Crippen LogP contribution is -2.47. The molecule has 0 saturated carbocycles. The summed E-state index contributed by atoms with van der Waals surface area (Å²) in [4.78, 5) is 25.5. The molecule has 2 aliphatic heterocycles. The highest BCUT2D eigenvalue weighted by atomic mass is 19.3. The third-order valence-electron chi connectivity index (χ3n) is 6.52. The van der Waals surface area contributed by atoms with E-state index in [0.717, 1.165) is 11.1 Å². The van der Waals surface area contributed by atoms with Gasteiger partial charge in [0.05, 0.1) is 12.1 Å². The Balaban J connectivity index is 1.58. The second-order valence-corrected chi connectivity index (χ2v) is 8.70. The van der Waals surface area contributed by atoms with Crippen molar-refractivity contribution in [1.29, 1.82) is 0 Å². The number of hydrogen-bond acceptors (Lipinski definition) is 4. The van der Waals surface area contributed by atoms with Gasteiger partial charge < -0.3 is 20.7 Å². The van der Waals surface area contributed by atoms with Crippen molar-refractivity contribution in [3.8, 4) is 5.75 Å². The van der Waals surface area contributed by atoms with Gasteiger partial charge in [0, 0.05) is 36.6 Å². The molecule has 2 aliphatic rings. The fraction of sp³-hybridized carbons (Fsp3) is 0.440. The normalized spacial score (nSPS) is 23.3. The quantitative estimate of drug-likeness (QED) is 0.622. The molecule has 1 fully saturated rings. The summed E-state index contributed by atoms with van der Waals surface area (Å²) in [6.07, 6.45) is 0.350. The van der Waals surface area contributed by atoms with Gasteiger partial charge in [-0.3, -0.25) is 9.59 Å². The number of alkyl halides is 2. The summed E-state index contributed by atoms with van der Waals surface area (Å²) in [6.45, 7) is 2.29. The van der Waals surface area contributed by atoms with Crippen molar-refractivity contribution < 1.29 is 23.1 Å². The van der Waals surface area contributed by atoms with Crippen LogP contribution in [0, 0.1) is 5.92 Å². The molecule has 2 aromatic rings. The highest BCUT2D eigenvalue weighted by molar-refractivity contribution is 6.02. The lowest BCUT2D eigenvalue weighted by molar-refractivity contribution is -0.0754. The van der Waals surface area contributed by atoms with E-state index in [0.29, 0.717) is 24.3 Å². The number of fused-ring (bicyclic) bond motifs is 1. The van der Waals surface area contributed by atoms with Gasteiger partial charge >= 0.3 is 0 Å². The van der Waals surface area contributed by atoms with Crippen LogP contribution in [0.1, 0.15) is 57.5 Å². The third-order valence-corrected chi connectivity index (χ3v) is 6.52. The van der Waals surface area contributed by atoms with Crippen LogP contribution in [-0.4, -0.2) is 50.5 Å². The first kappa shape index (κ1) is 23.2. The zero-order valence-electron chi connectivity index (χ0n) is 18.8. The Morgan fingerprint density at radius 1 is 1.18 bits per heavy atom. The van der Waals surface area contributed by atoms with E-state index in [1.807, 2.05) is 37.3 Å². The van der Waals surface area contributed by atoms with Crippen LogP contribution in [0.4, 0.5) is 8.78 Å². The molecule has 2 heterocycles. The van der Waals surface area contributed by atoms with Crippen molar-refractivity contribution >= 4 is 11.8 Å². The van der Waals surface area contributed by atoms with E-state index in [4.69, 9.17) is 4.74 Å². The molecule has 2 amide bonds. The summed E-state index contributed by atoms with van der Waals surface area (Å²) < 4.78 is 34.2. The van der Waals surface area contributed by atoms with Gasteiger partial charge in [0.25, 0.3) is 17.7 Å². The van der Waals surface area contributed by atoms with Crippen molar-refractivity contribution in [3.05, 3.63) is 64.7 Å². The average molecular weight is 458 g/mol. The van der Waals surface area contributed by atoms with Crippen molar-refractivity contribution in [1.82, 2.24) is 16.0 Å². The van der Waals surface area contributed by atoms with E-state index < -0.39 is 17.7 Å². The summed E-state index contributed by atoms with van der Waals surface area (Å²) in [5, 5.41) is 8.07. The highest BCUT2D eigenvalue weighted by Crippen LogP contribution is 2.45. The van der Waals surface area contributed by atoms with Crippen molar-refractivity contribution in [2.75, 3.05) is 26.7 Å². The minimum atomic E-state index is -2.78. The summed E-state index contributed by atoms with van der Waals surface area (Å²) in [6, 6.07) is 13.0. The predicted molar refractivity (Wildman–Crippen MR) is 121 cm³/mol. The number of carbonyl (C=O) groups excluding carboxylic acids is 2. The fourth-order valence-corrected chi connectivity index (χ4v) is 4.77. The molecule has 0 aromatic heterocycles. The summed E-state index contributed by atoms with van der Waals surface area (Å²) in [7, 11) is 1.52. The molecule has 3 atom stereocenters. The number of rotatable bonds is 6. The second-order valence-electron chi connectivity index (χ2n) is 8.70. The van der Waals surface area contributed by atoms with Crippen LogP contribution >= 0.6 is 0 Å². The van der Waals surface area contributed by atoms with Gasteiger partial charge in [0.2, 0.25) is 0 Å². The minimum Gasteiger partial charge on any atom is -0.489 e. The van der Waals surface area contributed by atoms with Crippen LogP contribution in [-0.2, 0) is 0 Å². The molecule has 1 saturated heterocycles. The maximum absolute atomic E-state index is 14.1. The molecule has 3 N–H and O–H groups in total. The second kappa shape index (κ2) is 9.47. The zero-order chi connectivity index (χ0) is 23.6. The molecule has 0 aliphatic carbocycles. The zero-order valence-corrected chi connectivity index (χ0v) is 18.8. The van der Waals surface area contributed by atoms with Crippen LogP contribution in [0.3, 0.4) is 0 Å². The third kappa shape index (κ3) is 4.71. The van der Waals surface area contributed by atoms with E-state index in [1.165, 1.54) is 13.1 Å². The number of ether oxygens (including phenoxy) is 1. The Hall–Kier alpha value is -3.00. The average Bonchev–Trinajstić information content (AvgIpc) is 3.14. The Bertz CT molecular complexity index is 1030. The van der Waals surface area contributed by atoms with E-state index in [-0.39, 0.29) is 43.0 Å². The van der Waals surface area contributed by atoms with Crippen LogP contribution in [0.5, 0.6) is 5.75 Å². The Morgan fingerprint density at radius 2 is 1.94 bits per heavy atom. The van der Waals surface area contributed by atoms with E-state index in [9.17, 15) is 18.4 Å². The molecule has 33 heavy (non-hydrogen) atoms.